The van der Waals surface area contributed by atoms with E-state index in [4.69, 9.17) is 19.0 Å². The van der Waals surface area contributed by atoms with Gasteiger partial charge in [0.25, 0.3) is 5.89 Å². The number of oxazole rings is 1. The average Bonchev–Trinajstić information content (AvgIpc) is 3.12. The van der Waals surface area contributed by atoms with Crippen LogP contribution < -0.4 is 9.47 Å². The van der Waals surface area contributed by atoms with Crippen LogP contribution in [0.5, 0.6) is 11.6 Å². The number of Topliss-reactive ketones (excluding diaryl/α,β-unsaturated/α-hetero) is 1. The maximum Gasteiger partial charge on any atom is 0.263 e. The van der Waals surface area contributed by atoms with Gasteiger partial charge in [0.1, 0.15) is 18.1 Å². The molecular weight excluding hydrogens is 336 g/mol. The van der Waals surface area contributed by atoms with E-state index in [1.807, 2.05) is 0 Å². The number of hydrogen-bond acceptors (Lipinski definition) is 7. The molecule has 0 atom stereocenters. The number of aliphatic hydroxyl groups is 1. The molecule has 26 heavy (non-hydrogen) atoms. The molecule has 2 heterocycles. The molecule has 0 bridgehead atoms. The maximum atomic E-state index is 11.7. The van der Waals surface area contributed by atoms with Gasteiger partial charge in [-0.05, 0) is 30.3 Å². The summed E-state index contributed by atoms with van der Waals surface area (Å²) in [5, 5.41) is 8.82. The first-order valence-electron chi connectivity index (χ1n) is 7.98. The van der Waals surface area contributed by atoms with Crippen molar-refractivity contribution >= 4 is 5.78 Å². The summed E-state index contributed by atoms with van der Waals surface area (Å²) in [5.74, 6) is 1.35. The molecular formula is C19H18N2O5. The van der Waals surface area contributed by atoms with Gasteiger partial charge in [-0.2, -0.15) is 0 Å². The number of benzene rings is 1. The quantitative estimate of drug-likeness (QED) is 0.652. The third-order valence-corrected chi connectivity index (χ3v) is 3.62. The normalized spacial score (nSPS) is 10.6. The van der Waals surface area contributed by atoms with Gasteiger partial charge in [-0.25, -0.2) is 9.97 Å². The molecule has 3 rings (SSSR count). The van der Waals surface area contributed by atoms with Crippen LogP contribution in [0.4, 0.5) is 0 Å². The van der Waals surface area contributed by atoms with Gasteiger partial charge in [-0.1, -0.05) is 0 Å². The molecule has 0 spiro atoms. The lowest BCUT2D eigenvalue weighted by molar-refractivity contribution is 0.0981. The van der Waals surface area contributed by atoms with E-state index in [1.165, 1.54) is 14.0 Å². The maximum absolute atomic E-state index is 11.7. The molecule has 0 saturated carbocycles. The number of methoxy groups -OCH3 is 1. The SMILES string of the molecule is COc1ccc(-c2nc(C(C)=O)oc2-c2ccc(OCCO)cc2)cn1. The molecule has 0 aliphatic carbocycles. The zero-order chi connectivity index (χ0) is 18.5. The Hall–Kier alpha value is -3.19. The summed E-state index contributed by atoms with van der Waals surface area (Å²) in [6.45, 7) is 1.57. The monoisotopic (exact) mass is 354 g/mol. The zero-order valence-electron chi connectivity index (χ0n) is 14.4. The molecule has 3 aromatic rings. The summed E-state index contributed by atoms with van der Waals surface area (Å²) in [6.07, 6.45) is 1.61. The Kier molecular flexibility index (Phi) is 5.28. The number of rotatable bonds is 7. The van der Waals surface area contributed by atoms with E-state index in [0.29, 0.717) is 28.6 Å². The topological polar surface area (TPSA) is 94.7 Å². The van der Waals surface area contributed by atoms with E-state index in [0.717, 1.165) is 5.56 Å². The molecule has 1 aromatic carbocycles. The largest absolute Gasteiger partial charge is 0.491 e. The fourth-order valence-corrected chi connectivity index (χ4v) is 2.37. The third-order valence-electron chi connectivity index (χ3n) is 3.62. The fraction of sp³-hybridized carbons (Fsp3) is 0.211. The Bertz CT molecular complexity index is 885. The van der Waals surface area contributed by atoms with E-state index in [9.17, 15) is 4.79 Å². The zero-order valence-corrected chi connectivity index (χ0v) is 14.4. The van der Waals surface area contributed by atoms with Gasteiger partial charge in [0.15, 0.2) is 5.76 Å². The first-order chi connectivity index (χ1) is 12.6. The van der Waals surface area contributed by atoms with Crippen LogP contribution in [0, 0.1) is 0 Å². The van der Waals surface area contributed by atoms with Gasteiger partial charge in [0.05, 0.1) is 13.7 Å². The van der Waals surface area contributed by atoms with Crippen LogP contribution in [-0.4, -0.2) is 41.2 Å². The van der Waals surface area contributed by atoms with E-state index < -0.39 is 0 Å². The second kappa shape index (κ2) is 7.79. The number of ether oxygens (including phenoxy) is 2. The molecule has 0 aliphatic heterocycles. The van der Waals surface area contributed by atoms with Crippen molar-refractivity contribution in [3.05, 3.63) is 48.5 Å². The van der Waals surface area contributed by atoms with Gasteiger partial charge in [0, 0.05) is 30.3 Å². The van der Waals surface area contributed by atoms with Crippen molar-refractivity contribution in [1.29, 1.82) is 0 Å². The predicted octanol–water partition coefficient (Wildman–Crippen LogP) is 2.99. The summed E-state index contributed by atoms with van der Waals surface area (Å²) in [4.78, 5) is 20.2. The molecule has 1 N–H and O–H groups in total. The van der Waals surface area contributed by atoms with Crippen LogP contribution in [0.1, 0.15) is 17.6 Å². The minimum absolute atomic E-state index is 0.0337. The van der Waals surface area contributed by atoms with Crippen molar-refractivity contribution < 1.29 is 23.8 Å². The first kappa shape index (κ1) is 17.6. The van der Waals surface area contributed by atoms with Crippen LogP contribution in [0.25, 0.3) is 22.6 Å². The Morgan fingerprint density at radius 1 is 1.15 bits per heavy atom. The van der Waals surface area contributed by atoms with Crippen LogP contribution in [0.15, 0.2) is 47.0 Å². The Morgan fingerprint density at radius 3 is 2.46 bits per heavy atom. The Labute approximate surface area is 150 Å². The smallest absolute Gasteiger partial charge is 0.263 e. The Balaban J connectivity index is 2.00. The average molecular weight is 354 g/mol. The van der Waals surface area contributed by atoms with Crippen LogP contribution in [0.3, 0.4) is 0 Å². The predicted molar refractivity (Wildman–Crippen MR) is 94.3 cm³/mol. The number of hydrogen-bond donors (Lipinski definition) is 1. The number of carbonyl (C=O) groups is 1. The van der Waals surface area contributed by atoms with Crippen molar-refractivity contribution in [3.8, 4) is 34.2 Å². The Morgan fingerprint density at radius 2 is 1.88 bits per heavy atom. The van der Waals surface area contributed by atoms with Gasteiger partial charge in [-0.15, -0.1) is 0 Å². The third kappa shape index (κ3) is 3.73. The summed E-state index contributed by atoms with van der Waals surface area (Å²) >= 11 is 0. The molecule has 0 aliphatic rings. The molecule has 0 fully saturated rings. The molecule has 7 nitrogen and oxygen atoms in total. The second-order valence-corrected chi connectivity index (χ2v) is 5.44. The van der Waals surface area contributed by atoms with E-state index in [2.05, 4.69) is 9.97 Å². The van der Waals surface area contributed by atoms with E-state index in [-0.39, 0.29) is 24.9 Å². The van der Waals surface area contributed by atoms with Crippen molar-refractivity contribution in [2.45, 2.75) is 6.92 Å². The lowest BCUT2D eigenvalue weighted by Crippen LogP contribution is -2.01. The number of carbonyl (C=O) groups excluding carboxylic acids is 1. The number of ketones is 1. The van der Waals surface area contributed by atoms with Crippen LogP contribution >= 0.6 is 0 Å². The van der Waals surface area contributed by atoms with Gasteiger partial charge < -0.3 is 19.0 Å². The van der Waals surface area contributed by atoms with E-state index in [1.54, 1.807) is 42.6 Å². The number of aliphatic hydroxyl groups excluding tert-OH is 1. The molecule has 7 heteroatoms. The molecule has 134 valence electrons. The first-order valence-corrected chi connectivity index (χ1v) is 7.98. The lowest BCUT2D eigenvalue weighted by Gasteiger charge is -2.06. The second-order valence-electron chi connectivity index (χ2n) is 5.44. The highest BCUT2D eigenvalue weighted by molar-refractivity contribution is 5.91. The summed E-state index contributed by atoms with van der Waals surface area (Å²) in [5.41, 5.74) is 1.97. The summed E-state index contributed by atoms with van der Waals surface area (Å²) < 4.78 is 16.1. The molecule has 0 radical (unpaired) electrons. The van der Waals surface area contributed by atoms with Crippen LogP contribution in [0.2, 0.25) is 0 Å². The highest BCUT2D eigenvalue weighted by atomic mass is 16.5. The van der Waals surface area contributed by atoms with Crippen LogP contribution in [-0.2, 0) is 0 Å². The lowest BCUT2D eigenvalue weighted by atomic mass is 10.1. The van der Waals surface area contributed by atoms with E-state index >= 15 is 0 Å². The summed E-state index contributed by atoms with van der Waals surface area (Å²) in [6, 6.07) is 10.6. The molecule has 2 aromatic heterocycles. The van der Waals surface area contributed by atoms with Gasteiger partial charge in [-0.3, -0.25) is 4.79 Å². The number of aromatic nitrogens is 2. The van der Waals surface area contributed by atoms with Crippen molar-refractivity contribution in [2.24, 2.45) is 0 Å². The standard InChI is InChI=1S/C19H18N2O5/c1-12(23)19-21-17(14-5-8-16(24-2)20-11-14)18(26-19)13-3-6-15(7-4-13)25-10-9-22/h3-8,11,22H,9-10H2,1-2H3. The molecule has 0 unspecified atom stereocenters. The van der Waals surface area contributed by atoms with Gasteiger partial charge >= 0.3 is 0 Å². The summed E-state index contributed by atoms with van der Waals surface area (Å²) in [7, 11) is 1.54. The minimum atomic E-state index is -0.262. The van der Waals surface area contributed by atoms with Gasteiger partial charge in [0.2, 0.25) is 11.7 Å². The number of nitrogens with zero attached hydrogens (tertiary/aromatic N) is 2. The highest BCUT2D eigenvalue weighted by Gasteiger charge is 2.19. The fourth-order valence-electron chi connectivity index (χ4n) is 2.37. The highest BCUT2D eigenvalue weighted by Crippen LogP contribution is 2.33. The number of pyridine rings is 1. The molecule has 0 saturated heterocycles. The molecule has 0 amide bonds. The van der Waals surface area contributed by atoms with Crippen molar-refractivity contribution in [2.75, 3.05) is 20.3 Å². The van der Waals surface area contributed by atoms with Crippen molar-refractivity contribution in [1.82, 2.24) is 9.97 Å². The van der Waals surface area contributed by atoms with Crippen molar-refractivity contribution in [3.63, 3.8) is 0 Å². The minimum Gasteiger partial charge on any atom is -0.491 e.